The zero-order chi connectivity index (χ0) is 16.2. The standard InChI is InChI=1S/C16H10ClFN2O2S/c17-12-9-10(6-7-13(12)18)19-16-20-15(21)14(23-16)5-1-3-11-4-2-8-22-11/h1-9H,(H,19,20,21)/b3-1+,14-5+. The second-order valence-corrected chi connectivity index (χ2v) is 5.91. The molecule has 0 aliphatic carbocycles. The maximum atomic E-state index is 13.1. The molecule has 0 spiro atoms. The molecule has 1 saturated heterocycles. The number of aliphatic imine (C=N–C) groups is 1. The van der Waals surface area contributed by atoms with Crippen molar-refractivity contribution in [2.45, 2.75) is 0 Å². The molecule has 0 atom stereocenters. The van der Waals surface area contributed by atoms with Gasteiger partial charge in [0.25, 0.3) is 5.91 Å². The molecule has 1 aliphatic heterocycles. The molecule has 0 unspecified atom stereocenters. The second-order valence-electron chi connectivity index (χ2n) is 4.48. The lowest BCUT2D eigenvalue weighted by atomic mass is 10.3. The van der Waals surface area contributed by atoms with Crippen LogP contribution in [0, 0.1) is 5.82 Å². The van der Waals surface area contributed by atoms with Gasteiger partial charge in [-0.1, -0.05) is 17.7 Å². The van der Waals surface area contributed by atoms with Crippen LogP contribution in [-0.4, -0.2) is 11.1 Å². The number of furan rings is 1. The van der Waals surface area contributed by atoms with Gasteiger partial charge in [0.05, 0.1) is 21.9 Å². The van der Waals surface area contributed by atoms with Crippen molar-refractivity contribution in [2.75, 3.05) is 0 Å². The number of amides is 1. The van der Waals surface area contributed by atoms with E-state index in [1.165, 1.54) is 30.0 Å². The first kappa shape index (κ1) is 15.6. The largest absolute Gasteiger partial charge is 0.465 e. The molecule has 1 N–H and O–H groups in total. The summed E-state index contributed by atoms with van der Waals surface area (Å²) in [4.78, 5) is 16.6. The quantitative estimate of drug-likeness (QED) is 0.830. The minimum Gasteiger partial charge on any atom is -0.465 e. The summed E-state index contributed by atoms with van der Waals surface area (Å²) in [6, 6.07) is 7.70. The van der Waals surface area contributed by atoms with E-state index in [1.807, 2.05) is 6.07 Å². The van der Waals surface area contributed by atoms with Gasteiger partial charge in [-0.05, 0) is 54.2 Å². The molecular formula is C16H10ClFN2O2S. The van der Waals surface area contributed by atoms with Gasteiger partial charge in [-0.3, -0.25) is 4.79 Å². The lowest BCUT2D eigenvalue weighted by Crippen LogP contribution is -2.19. The monoisotopic (exact) mass is 348 g/mol. The molecule has 4 nitrogen and oxygen atoms in total. The highest BCUT2D eigenvalue weighted by molar-refractivity contribution is 8.18. The Kier molecular flexibility index (Phi) is 4.64. The number of carbonyl (C=O) groups is 1. The van der Waals surface area contributed by atoms with Crippen molar-refractivity contribution in [1.29, 1.82) is 0 Å². The molecule has 1 aromatic heterocycles. The minimum atomic E-state index is -0.512. The first-order chi connectivity index (χ1) is 11.1. The zero-order valence-electron chi connectivity index (χ0n) is 11.6. The Bertz CT molecular complexity index is 829. The van der Waals surface area contributed by atoms with Gasteiger partial charge in [-0.15, -0.1) is 0 Å². The summed E-state index contributed by atoms with van der Waals surface area (Å²) in [5, 5.41) is 3.04. The number of hydrogen-bond donors (Lipinski definition) is 1. The summed E-state index contributed by atoms with van der Waals surface area (Å²) < 4.78 is 18.3. The molecule has 2 aromatic rings. The third-order valence-corrected chi connectivity index (χ3v) is 4.05. The van der Waals surface area contributed by atoms with Crippen LogP contribution >= 0.6 is 23.4 Å². The molecule has 7 heteroatoms. The molecule has 1 amide bonds. The normalized spacial score (nSPS) is 18.3. The summed E-state index contributed by atoms with van der Waals surface area (Å²) in [7, 11) is 0. The lowest BCUT2D eigenvalue weighted by Gasteiger charge is -1.98. The van der Waals surface area contributed by atoms with E-state index in [2.05, 4.69) is 10.3 Å². The van der Waals surface area contributed by atoms with E-state index in [4.69, 9.17) is 16.0 Å². The van der Waals surface area contributed by atoms with Crippen molar-refractivity contribution in [3.05, 3.63) is 70.3 Å². The third kappa shape index (κ3) is 3.91. The average molecular weight is 349 g/mol. The van der Waals surface area contributed by atoms with Crippen LogP contribution in [0.1, 0.15) is 5.76 Å². The van der Waals surface area contributed by atoms with E-state index in [-0.39, 0.29) is 10.9 Å². The van der Waals surface area contributed by atoms with E-state index < -0.39 is 5.82 Å². The fourth-order valence-electron chi connectivity index (χ4n) is 1.78. The molecule has 23 heavy (non-hydrogen) atoms. The summed E-state index contributed by atoms with van der Waals surface area (Å²) in [6.07, 6.45) is 6.71. The number of nitrogens with zero attached hydrogens (tertiary/aromatic N) is 1. The molecule has 0 saturated carbocycles. The Balaban J connectivity index is 1.73. The van der Waals surface area contributed by atoms with Crippen LogP contribution < -0.4 is 5.32 Å². The highest BCUT2D eigenvalue weighted by atomic mass is 35.5. The van der Waals surface area contributed by atoms with Gasteiger partial charge >= 0.3 is 0 Å². The lowest BCUT2D eigenvalue weighted by molar-refractivity contribution is -0.115. The maximum Gasteiger partial charge on any atom is 0.264 e. The number of nitrogens with one attached hydrogen (secondary N) is 1. The number of benzene rings is 1. The summed E-state index contributed by atoms with van der Waals surface area (Å²) in [5.74, 6) is -0.0615. The molecule has 1 fully saturated rings. The number of halogens is 2. The van der Waals surface area contributed by atoms with Crippen molar-refractivity contribution in [3.63, 3.8) is 0 Å². The third-order valence-electron chi connectivity index (χ3n) is 2.84. The number of amidine groups is 1. The van der Waals surface area contributed by atoms with Gasteiger partial charge < -0.3 is 9.73 Å². The average Bonchev–Trinajstić information content (AvgIpc) is 3.14. The molecule has 2 heterocycles. The van der Waals surface area contributed by atoms with Crippen molar-refractivity contribution in [2.24, 2.45) is 4.99 Å². The predicted octanol–water partition coefficient (Wildman–Crippen LogP) is 4.52. The number of thioether (sulfide) groups is 1. The first-order valence-electron chi connectivity index (χ1n) is 6.56. The Hall–Kier alpha value is -2.31. The number of rotatable bonds is 3. The SMILES string of the molecule is O=C1NC(=Nc2ccc(F)c(Cl)c2)S/C1=C/C=C/c1ccco1. The summed E-state index contributed by atoms with van der Waals surface area (Å²) >= 11 is 6.90. The van der Waals surface area contributed by atoms with E-state index >= 15 is 0 Å². The van der Waals surface area contributed by atoms with E-state index in [9.17, 15) is 9.18 Å². The topological polar surface area (TPSA) is 54.6 Å². The van der Waals surface area contributed by atoms with Crippen LogP contribution in [0.3, 0.4) is 0 Å². The molecule has 3 rings (SSSR count). The number of allylic oxidation sites excluding steroid dienone is 2. The number of hydrogen-bond acceptors (Lipinski definition) is 4. The predicted molar refractivity (Wildman–Crippen MR) is 90.1 cm³/mol. The molecule has 1 aromatic carbocycles. The van der Waals surface area contributed by atoms with Gasteiger partial charge in [0.1, 0.15) is 11.6 Å². The maximum absolute atomic E-state index is 13.1. The molecular weight excluding hydrogens is 339 g/mol. The van der Waals surface area contributed by atoms with Crippen LogP contribution in [0.25, 0.3) is 6.08 Å². The second kappa shape index (κ2) is 6.85. The Labute approximate surface area is 140 Å². The van der Waals surface area contributed by atoms with Crippen LogP contribution in [0.5, 0.6) is 0 Å². The van der Waals surface area contributed by atoms with Gasteiger partial charge in [-0.25, -0.2) is 9.38 Å². The Morgan fingerprint density at radius 3 is 2.96 bits per heavy atom. The summed E-state index contributed by atoms with van der Waals surface area (Å²) in [5.41, 5.74) is 0.464. The fourth-order valence-corrected chi connectivity index (χ4v) is 2.75. The van der Waals surface area contributed by atoms with E-state index in [0.29, 0.717) is 21.5 Å². The molecule has 116 valence electrons. The molecule has 1 aliphatic rings. The zero-order valence-corrected chi connectivity index (χ0v) is 13.2. The highest BCUT2D eigenvalue weighted by Crippen LogP contribution is 2.28. The number of carbonyl (C=O) groups excluding carboxylic acids is 1. The van der Waals surface area contributed by atoms with Gasteiger partial charge in [0.15, 0.2) is 5.17 Å². The van der Waals surface area contributed by atoms with Crippen LogP contribution in [0.15, 0.2) is 63.1 Å². The van der Waals surface area contributed by atoms with Crippen LogP contribution in [0.4, 0.5) is 10.1 Å². The van der Waals surface area contributed by atoms with Crippen molar-refractivity contribution >= 4 is 46.2 Å². The van der Waals surface area contributed by atoms with E-state index in [1.54, 1.807) is 30.6 Å². The van der Waals surface area contributed by atoms with Gasteiger partial charge in [0.2, 0.25) is 0 Å². The summed E-state index contributed by atoms with van der Waals surface area (Å²) in [6.45, 7) is 0. The Morgan fingerprint density at radius 2 is 2.22 bits per heavy atom. The highest BCUT2D eigenvalue weighted by Gasteiger charge is 2.23. The fraction of sp³-hybridized carbons (Fsp3) is 0. The van der Waals surface area contributed by atoms with Crippen LogP contribution in [0.2, 0.25) is 5.02 Å². The van der Waals surface area contributed by atoms with Crippen molar-refractivity contribution in [3.8, 4) is 0 Å². The van der Waals surface area contributed by atoms with Crippen molar-refractivity contribution < 1.29 is 13.6 Å². The van der Waals surface area contributed by atoms with Crippen molar-refractivity contribution in [1.82, 2.24) is 5.32 Å². The van der Waals surface area contributed by atoms with Crippen LogP contribution in [-0.2, 0) is 4.79 Å². The molecule has 0 radical (unpaired) electrons. The molecule has 0 bridgehead atoms. The van der Waals surface area contributed by atoms with Gasteiger partial charge in [0, 0.05) is 0 Å². The Morgan fingerprint density at radius 1 is 1.35 bits per heavy atom. The minimum absolute atomic E-state index is 0.0154. The smallest absolute Gasteiger partial charge is 0.264 e. The first-order valence-corrected chi connectivity index (χ1v) is 7.76. The van der Waals surface area contributed by atoms with Gasteiger partial charge in [-0.2, -0.15) is 0 Å². The van der Waals surface area contributed by atoms with E-state index in [0.717, 1.165) is 0 Å².